The van der Waals surface area contributed by atoms with Crippen LogP contribution in [-0.2, 0) is 27.2 Å². The van der Waals surface area contributed by atoms with E-state index >= 15 is 0 Å². The van der Waals surface area contributed by atoms with Gasteiger partial charge in [-0.15, -0.1) is 0 Å². The maximum absolute atomic E-state index is 10.4. The molecule has 0 aliphatic rings. The van der Waals surface area contributed by atoms with Crippen molar-refractivity contribution in [1.82, 2.24) is 0 Å². The summed E-state index contributed by atoms with van der Waals surface area (Å²) < 4.78 is 0. The molecule has 0 amide bonds. The van der Waals surface area contributed by atoms with Gasteiger partial charge in [0.25, 0.3) is 0 Å². The van der Waals surface area contributed by atoms with Crippen LogP contribution in [0.4, 0.5) is 0 Å². The molecule has 0 bridgehead atoms. The first-order valence-corrected chi connectivity index (χ1v) is 11.0. The van der Waals surface area contributed by atoms with E-state index in [9.17, 15) is 14.4 Å². The van der Waals surface area contributed by atoms with Crippen LogP contribution in [0.2, 0.25) is 0 Å². The highest BCUT2D eigenvalue weighted by Gasteiger charge is 2.12. The SMILES string of the molecule is NC(N)=NCCC[C@H](N)C(=O)O.N[C@@H](Cc1ccccc1)C(=O)O.N[C@@H](Cc1ccccc1)C(=O)O. The molecule has 12 nitrogen and oxygen atoms in total. The van der Waals surface area contributed by atoms with E-state index in [1.54, 1.807) is 0 Å². The topological polar surface area (TPSA) is 254 Å². The largest absolute Gasteiger partial charge is 0.480 e. The van der Waals surface area contributed by atoms with Crippen molar-refractivity contribution in [1.29, 1.82) is 0 Å². The average molecular weight is 505 g/mol. The number of nitrogens with two attached hydrogens (primary N) is 5. The van der Waals surface area contributed by atoms with Gasteiger partial charge in [-0.05, 0) is 36.8 Å². The molecule has 2 rings (SSSR count). The lowest BCUT2D eigenvalue weighted by atomic mass is 10.1. The number of carbonyl (C=O) groups is 3. The smallest absolute Gasteiger partial charge is 0.320 e. The Morgan fingerprint density at radius 2 is 1.03 bits per heavy atom. The van der Waals surface area contributed by atoms with Gasteiger partial charge in [-0.25, -0.2) is 0 Å². The van der Waals surface area contributed by atoms with Gasteiger partial charge in [0.2, 0.25) is 0 Å². The molecule has 0 saturated carbocycles. The number of hydrogen-bond acceptors (Lipinski definition) is 7. The van der Waals surface area contributed by atoms with Crippen molar-refractivity contribution in [2.75, 3.05) is 6.54 Å². The maximum atomic E-state index is 10.4. The van der Waals surface area contributed by atoms with E-state index in [0.717, 1.165) is 11.1 Å². The van der Waals surface area contributed by atoms with Crippen LogP contribution in [0, 0.1) is 0 Å². The van der Waals surface area contributed by atoms with Gasteiger partial charge in [0.15, 0.2) is 5.96 Å². The Kier molecular flexibility index (Phi) is 16.3. The third-order valence-corrected chi connectivity index (χ3v) is 4.52. The molecule has 12 heteroatoms. The van der Waals surface area contributed by atoms with E-state index in [1.807, 2.05) is 60.7 Å². The fourth-order valence-corrected chi connectivity index (χ4v) is 2.55. The predicted octanol–water partition coefficient (Wildman–Crippen LogP) is -0.266. The van der Waals surface area contributed by atoms with E-state index in [1.165, 1.54) is 0 Å². The summed E-state index contributed by atoms with van der Waals surface area (Å²) >= 11 is 0. The van der Waals surface area contributed by atoms with Crippen LogP contribution < -0.4 is 28.7 Å². The first kappa shape index (κ1) is 32.0. The molecular weight excluding hydrogens is 468 g/mol. The molecule has 2 aromatic carbocycles. The molecule has 198 valence electrons. The molecule has 13 N–H and O–H groups in total. The number of carboxylic acids is 3. The van der Waals surface area contributed by atoms with E-state index in [-0.39, 0.29) is 5.96 Å². The van der Waals surface area contributed by atoms with Crippen molar-refractivity contribution >= 4 is 23.9 Å². The van der Waals surface area contributed by atoms with E-state index in [4.69, 9.17) is 44.0 Å². The predicted molar refractivity (Wildman–Crippen MR) is 137 cm³/mol. The van der Waals surface area contributed by atoms with E-state index in [2.05, 4.69) is 4.99 Å². The lowest BCUT2D eigenvalue weighted by molar-refractivity contribution is -0.139. The number of rotatable bonds is 11. The van der Waals surface area contributed by atoms with Crippen LogP contribution in [0.1, 0.15) is 24.0 Å². The van der Waals surface area contributed by atoms with Crippen LogP contribution >= 0.6 is 0 Å². The molecular formula is C24H36N6O6. The molecule has 2 aromatic rings. The van der Waals surface area contributed by atoms with Crippen LogP contribution in [0.5, 0.6) is 0 Å². The van der Waals surface area contributed by atoms with Gasteiger partial charge in [0.05, 0.1) is 0 Å². The van der Waals surface area contributed by atoms with Gasteiger partial charge >= 0.3 is 17.9 Å². The highest BCUT2D eigenvalue weighted by atomic mass is 16.4. The molecule has 0 unspecified atom stereocenters. The van der Waals surface area contributed by atoms with Crippen molar-refractivity contribution in [3.63, 3.8) is 0 Å². The molecule has 3 atom stereocenters. The zero-order valence-electron chi connectivity index (χ0n) is 19.9. The van der Waals surface area contributed by atoms with Gasteiger partial charge in [0, 0.05) is 6.54 Å². The normalized spacial score (nSPS) is 12.3. The Labute approximate surface area is 209 Å². The van der Waals surface area contributed by atoms with Crippen molar-refractivity contribution in [2.24, 2.45) is 33.7 Å². The fraction of sp³-hybridized carbons (Fsp3) is 0.333. The van der Waals surface area contributed by atoms with E-state index < -0.39 is 36.0 Å². The van der Waals surface area contributed by atoms with E-state index in [0.29, 0.717) is 32.2 Å². The van der Waals surface area contributed by atoms with Crippen LogP contribution in [-0.4, -0.2) is 63.9 Å². The Hall–Kier alpha value is -4.00. The van der Waals surface area contributed by atoms with Crippen LogP contribution in [0.3, 0.4) is 0 Å². The Morgan fingerprint density at radius 1 is 0.667 bits per heavy atom. The summed E-state index contributed by atoms with van der Waals surface area (Å²) in [4.78, 5) is 34.7. The average Bonchev–Trinajstić information content (AvgIpc) is 2.83. The molecule has 0 spiro atoms. The molecule has 0 aliphatic carbocycles. The van der Waals surface area contributed by atoms with Crippen molar-refractivity contribution in [2.45, 2.75) is 43.8 Å². The summed E-state index contributed by atoms with van der Waals surface area (Å²) in [6, 6.07) is 16.3. The molecule has 0 fully saturated rings. The number of carboxylic acid groups (broad SMARTS) is 3. The van der Waals surface area contributed by atoms with Gasteiger partial charge in [0.1, 0.15) is 18.1 Å². The van der Waals surface area contributed by atoms with Gasteiger partial charge in [-0.2, -0.15) is 0 Å². The minimum absolute atomic E-state index is 0.0129. The fourth-order valence-electron chi connectivity index (χ4n) is 2.55. The zero-order valence-corrected chi connectivity index (χ0v) is 19.9. The second kappa shape index (κ2) is 18.3. The lowest BCUT2D eigenvalue weighted by Gasteiger charge is -2.04. The minimum Gasteiger partial charge on any atom is -0.480 e. The van der Waals surface area contributed by atoms with Crippen molar-refractivity contribution in [3.8, 4) is 0 Å². The third kappa shape index (κ3) is 16.6. The number of nitrogens with zero attached hydrogens (tertiary/aromatic N) is 1. The summed E-state index contributed by atoms with van der Waals surface area (Å²) in [6.45, 7) is 0.420. The highest BCUT2D eigenvalue weighted by Crippen LogP contribution is 2.02. The Bertz CT molecular complexity index is 881. The van der Waals surface area contributed by atoms with Gasteiger partial charge in [-0.3, -0.25) is 19.4 Å². The maximum Gasteiger partial charge on any atom is 0.320 e. The second-order valence-electron chi connectivity index (χ2n) is 7.66. The lowest BCUT2D eigenvalue weighted by Crippen LogP contribution is -2.32. The molecule has 0 radical (unpaired) electrons. The molecule has 0 aromatic heterocycles. The number of aliphatic imine (C=N–C) groups is 1. The number of aliphatic carboxylic acids is 3. The Morgan fingerprint density at radius 3 is 1.33 bits per heavy atom. The van der Waals surface area contributed by atoms with Crippen molar-refractivity contribution < 1.29 is 29.7 Å². The summed E-state index contributed by atoms with van der Waals surface area (Å²) in [6.07, 6.45) is 1.73. The summed E-state index contributed by atoms with van der Waals surface area (Å²) in [7, 11) is 0. The van der Waals surface area contributed by atoms with Crippen LogP contribution in [0.25, 0.3) is 0 Å². The number of benzene rings is 2. The second-order valence-corrected chi connectivity index (χ2v) is 7.66. The highest BCUT2D eigenvalue weighted by molar-refractivity contribution is 5.75. The minimum atomic E-state index is -1.00. The number of hydrogen-bond donors (Lipinski definition) is 8. The molecule has 0 heterocycles. The summed E-state index contributed by atoms with van der Waals surface area (Å²) in [5.41, 5.74) is 27.9. The standard InChI is InChI=1S/2C9H11NO2.C6H14N4O2/c2*10-8(9(11)12)6-7-4-2-1-3-5-7;7-4(5(11)12)2-1-3-10-6(8)9/h2*1-5,8H,6,10H2,(H,11,12);4H,1-3,7H2,(H,11,12)(H4,8,9,10)/t2*8-;4-/m000/s1. The van der Waals surface area contributed by atoms with Gasteiger partial charge < -0.3 is 44.0 Å². The van der Waals surface area contributed by atoms with Gasteiger partial charge in [-0.1, -0.05) is 60.7 Å². The first-order valence-electron chi connectivity index (χ1n) is 11.0. The zero-order chi connectivity index (χ0) is 27.5. The Balaban J connectivity index is 0.000000510. The van der Waals surface area contributed by atoms with Crippen LogP contribution in [0.15, 0.2) is 65.7 Å². The quantitative estimate of drug-likeness (QED) is 0.112. The molecule has 36 heavy (non-hydrogen) atoms. The number of guanidine groups is 1. The third-order valence-electron chi connectivity index (χ3n) is 4.52. The summed E-state index contributed by atoms with van der Waals surface area (Å²) in [5.74, 6) is -2.91. The monoisotopic (exact) mass is 504 g/mol. The molecule has 0 saturated heterocycles. The summed E-state index contributed by atoms with van der Waals surface area (Å²) in [5, 5.41) is 25.4. The first-order chi connectivity index (χ1) is 16.9. The van der Waals surface area contributed by atoms with Crippen molar-refractivity contribution in [3.05, 3.63) is 71.8 Å². The molecule has 0 aliphatic heterocycles.